The van der Waals surface area contributed by atoms with E-state index in [0.717, 1.165) is 5.56 Å². The number of benzene rings is 2. The monoisotopic (exact) mass is 402 g/mol. The van der Waals surface area contributed by atoms with Crippen LogP contribution in [0.5, 0.6) is 11.5 Å². The van der Waals surface area contributed by atoms with E-state index in [2.05, 4.69) is 5.32 Å². The molecule has 0 atom stereocenters. The normalized spacial score (nSPS) is 9.93. The molecule has 0 saturated carbocycles. The molecule has 0 aliphatic rings. The van der Waals surface area contributed by atoms with Crippen molar-refractivity contribution in [3.63, 3.8) is 0 Å². The molecule has 0 spiro atoms. The molecule has 0 radical (unpaired) electrons. The Bertz CT molecular complexity index is 908. The van der Waals surface area contributed by atoms with Crippen molar-refractivity contribution < 1.29 is 23.8 Å². The standard InChI is InChI=1S/C20H19ClN2O5/c1-26-17-7-3-13(9-18(17)27-2)4-8-20(25)28-12-19(24)23-15-6-5-14(11-22)16(21)10-15/h3,5-7,9-10H,4,8,12H2,1-2H3,(H,23,24). The van der Waals surface area contributed by atoms with Crippen molar-refractivity contribution in [3.05, 3.63) is 52.5 Å². The van der Waals surface area contributed by atoms with Crippen molar-refractivity contribution in [2.75, 3.05) is 26.1 Å². The molecular weight excluding hydrogens is 384 g/mol. The van der Waals surface area contributed by atoms with Gasteiger partial charge in [-0.3, -0.25) is 9.59 Å². The van der Waals surface area contributed by atoms with Crippen molar-refractivity contribution in [3.8, 4) is 17.6 Å². The fraction of sp³-hybridized carbons (Fsp3) is 0.250. The summed E-state index contributed by atoms with van der Waals surface area (Å²) in [6.45, 7) is -0.414. The van der Waals surface area contributed by atoms with Crippen molar-refractivity contribution in [1.29, 1.82) is 5.26 Å². The van der Waals surface area contributed by atoms with Crippen molar-refractivity contribution in [2.24, 2.45) is 0 Å². The summed E-state index contributed by atoms with van der Waals surface area (Å²) in [4.78, 5) is 23.8. The SMILES string of the molecule is COc1ccc(CCC(=O)OCC(=O)Nc2ccc(C#N)c(Cl)c2)cc1OC. The third-order valence-corrected chi connectivity index (χ3v) is 4.12. The highest BCUT2D eigenvalue weighted by molar-refractivity contribution is 6.32. The van der Waals surface area contributed by atoms with Crippen LogP contribution in [0.3, 0.4) is 0 Å². The first kappa shape index (κ1) is 21.1. The molecule has 2 aromatic rings. The first-order valence-corrected chi connectivity index (χ1v) is 8.70. The fourth-order valence-corrected chi connectivity index (χ4v) is 2.60. The minimum absolute atomic E-state index is 0.117. The Kier molecular flexibility index (Phi) is 7.66. The van der Waals surface area contributed by atoms with Gasteiger partial charge in [0.25, 0.3) is 5.91 Å². The molecule has 8 heteroatoms. The molecule has 28 heavy (non-hydrogen) atoms. The number of carbonyl (C=O) groups is 2. The largest absolute Gasteiger partial charge is 0.493 e. The predicted octanol–water partition coefficient (Wildman–Crippen LogP) is 3.34. The third-order valence-electron chi connectivity index (χ3n) is 3.80. The smallest absolute Gasteiger partial charge is 0.306 e. The Labute approximate surface area is 167 Å². The molecule has 0 heterocycles. The molecule has 0 aliphatic carbocycles. The summed E-state index contributed by atoms with van der Waals surface area (Å²) in [5.74, 6) is 0.185. The van der Waals surface area contributed by atoms with E-state index in [1.807, 2.05) is 12.1 Å². The quantitative estimate of drug-likeness (QED) is 0.680. The number of ether oxygens (including phenoxy) is 3. The summed E-state index contributed by atoms with van der Waals surface area (Å²) in [6, 6.07) is 11.8. The van der Waals surface area contributed by atoms with Gasteiger partial charge in [0, 0.05) is 12.1 Å². The number of rotatable bonds is 8. The van der Waals surface area contributed by atoms with Gasteiger partial charge in [-0.15, -0.1) is 0 Å². The van der Waals surface area contributed by atoms with Gasteiger partial charge in [-0.25, -0.2) is 0 Å². The number of aryl methyl sites for hydroxylation is 1. The Morgan fingerprint density at radius 2 is 1.86 bits per heavy atom. The van der Waals surface area contributed by atoms with Crippen molar-refractivity contribution in [2.45, 2.75) is 12.8 Å². The summed E-state index contributed by atoms with van der Waals surface area (Å²) >= 11 is 5.90. The Hall–Kier alpha value is -3.24. The van der Waals surface area contributed by atoms with Crippen LogP contribution in [0.25, 0.3) is 0 Å². The van der Waals surface area contributed by atoms with Crippen LogP contribution >= 0.6 is 11.6 Å². The highest BCUT2D eigenvalue weighted by Gasteiger charge is 2.11. The van der Waals surface area contributed by atoms with Gasteiger partial charge in [0.1, 0.15) is 6.07 Å². The van der Waals surface area contributed by atoms with Crippen LogP contribution in [0.15, 0.2) is 36.4 Å². The zero-order valence-electron chi connectivity index (χ0n) is 15.5. The number of halogens is 1. The molecule has 146 valence electrons. The van der Waals surface area contributed by atoms with E-state index >= 15 is 0 Å². The number of hydrogen-bond donors (Lipinski definition) is 1. The van der Waals surface area contributed by atoms with E-state index < -0.39 is 18.5 Å². The number of anilines is 1. The molecular formula is C20H19ClN2O5. The molecule has 7 nitrogen and oxygen atoms in total. The number of hydrogen-bond acceptors (Lipinski definition) is 6. The first-order chi connectivity index (χ1) is 13.5. The van der Waals surface area contributed by atoms with Gasteiger partial charge in [-0.1, -0.05) is 17.7 Å². The highest BCUT2D eigenvalue weighted by atomic mass is 35.5. The average Bonchev–Trinajstić information content (AvgIpc) is 2.70. The predicted molar refractivity (Wildman–Crippen MR) is 104 cm³/mol. The van der Waals surface area contributed by atoms with Crippen LogP contribution in [-0.2, 0) is 20.7 Å². The zero-order chi connectivity index (χ0) is 20.5. The lowest BCUT2D eigenvalue weighted by molar-refractivity contribution is -0.147. The maximum atomic E-state index is 11.9. The molecule has 0 fully saturated rings. The van der Waals surface area contributed by atoms with E-state index in [4.69, 9.17) is 31.1 Å². The van der Waals surface area contributed by atoms with Crippen LogP contribution in [0.1, 0.15) is 17.5 Å². The van der Waals surface area contributed by atoms with Gasteiger partial charge < -0.3 is 19.5 Å². The molecule has 1 amide bonds. The maximum absolute atomic E-state index is 11.9. The molecule has 0 saturated heterocycles. The van der Waals surface area contributed by atoms with E-state index in [-0.39, 0.29) is 11.4 Å². The van der Waals surface area contributed by atoms with Crippen molar-refractivity contribution >= 4 is 29.2 Å². The highest BCUT2D eigenvalue weighted by Crippen LogP contribution is 2.28. The van der Waals surface area contributed by atoms with Crippen LogP contribution in [-0.4, -0.2) is 32.7 Å². The summed E-state index contributed by atoms with van der Waals surface area (Å²) < 4.78 is 15.4. The first-order valence-electron chi connectivity index (χ1n) is 8.33. The van der Waals surface area contributed by atoms with Crippen LogP contribution in [0.2, 0.25) is 5.02 Å². The number of esters is 1. The second-order valence-electron chi connectivity index (χ2n) is 5.70. The number of nitrogens with one attached hydrogen (secondary N) is 1. The molecule has 0 unspecified atom stereocenters. The maximum Gasteiger partial charge on any atom is 0.306 e. The summed E-state index contributed by atoms with van der Waals surface area (Å²) in [7, 11) is 3.08. The minimum atomic E-state index is -0.500. The third kappa shape index (κ3) is 5.89. The number of nitriles is 1. The summed E-state index contributed by atoms with van der Waals surface area (Å²) in [6.07, 6.45) is 0.553. The van der Waals surface area contributed by atoms with Gasteiger partial charge in [0.2, 0.25) is 0 Å². The number of nitrogens with zero attached hydrogens (tertiary/aromatic N) is 1. The van der Waals surface area contributed by atoms with Crippen LogP contribution in [0, 0.1) is 11.3 Å². The molecule has 1 N–H and O–H groups in total. The number of carbonyl (C=O) groups excluding carboxylic acids is 2. The Balaban J connectivity index is 1.80. The number of amides is 1. The van der Waals surface area contributed by atoms with Crippen LogP contribution in [0.4, 0.5) is 5.69 Å². The van der Waals surface area contributed by atoms with Crippen LogP contribution < -0.4 is 14.8 Å². The van der Waals surface area contributed by atoms with E-state index in [9.17, 15) is 9.59 Å². The molecule has 0 aliphatic heterocycles. The lowest BCUT2D eigenvalue weighted by atomic mass is 10.1. The molecule has 0 aromatic heterocycles. The Morgan fingerprint density at radius 1 is 1.11 bits per heavy atom. The topological polar surface area (TPSA) is 97.6 Å². The van der Waals surface area contributed by atoms with Gasteiger partial charge >= 0.3 is 5.97 Å². The van der Waals surface area contributed by atoms with E-state index in [1.54, 1.807) is 25.3 Å². The fourth-order valence-electron chi connectivity index (χ4n) is 2.38. The van der Waals surface area contributed by atoms with E-state index in [1.165, 1.54) is 19.2 Å². The van der Waals surface area contributed by atoms with Gasteiger partial charge in [0.15, 0.2) is 18.1 Å². The average molecular weight is 403 g/mol. The van der Waals surface area contributed by atoms with E-state index in [0.29, 0.717) is 29.2 Å². The van der Waals surface area contributed by atoms with Gasteiger partial charge in [-0.05, 0) is 42.3 Å². The molecule has 2 rings (SSSR count). The van der Waals surface area contributed by atoms with Gasteiger partial charge in [-0.2, -0.15) is 5.26 Å². The minimum Gasteiger partial charge on any atom is -0.493 e. The molecule has 0 bridgehead atoms. The molecule has 2 aromatic carbocycles. The Morgan fingerprint density at radius 3 is 2.50 bits per heavy atom. The summed E-state index contributed by atoms with van der Waals surface area (Å²) in [5.41, 5.74) is 1.60. The lowest BCUT2D eigenvalue weighted by Crippen LogP contribution is -2.21. The second kappa shape index (κ2) is 10.2. The zero-order valence-corrected chi connectivity index (χ0v) is 16.2. The van der Waals surface area contributed by atoms with Gasteiger partial charge in [0.05, 0.1) is 24.8 Å². The van der Waals surface area contributed by atoms with Crippen molar-refractivity contribution in [1.82, 2.24) is 0 Å². The second-order valence-corrected chi connectivity index (χ2v) is 6.11. The lowest BCUT2D eigenvalue weighted by Gasteiger charge is -2.10. The summed E-state index contributed by atoms with van der Waals surface area (Å²) in [5, 5.41) is 11.6. The number of methoxy groups -OCH3 is 2.